The van der Waals surface area contributed by atoms with Crippen LogP contribution in [0.2, 0.25) is 0 Å². The Morgan fingerprint density at radius 1 is 1.08 bits per heavy atom. The molecule has 1 N–H and O–H groups in total. The van der Waals surface area contributed by atoms with Gasteiger partial charge >= 0.3 is 0 Å². The highest BCUT2D eigenvalue weighted by Crippen LogP contribution is 1.80. The second-order valence-electron chi connectivity index (χ2n) is 1.97. The molecule has 0 fully saturated rings. The van der Waals surface area contributed by atoms with Gasteiger partial charge in [-0.15, -0.1) is 0 Å². The van der Waals surface area contributed by atoms with E-state index in [4.69, 9.17) is 19.3 Å². The molecule has 0 heterocycles. The molecule has 0 unspecified atom stereocenters. The number of rotatable bonds is 8. The van der Waals surface area contributed by atoms with Gasteiger partial charge in [0.05, 0.1) is 19.8 Å². The van der Waals surface area contributed by atoms with Gasteiger partial charge in [0.15, 0.2) is 0 Å². The molecule has 0 aliphatic heterocycles. The fourth-order valence-electron chi connectivity index (χ4n) is 0.582. The van der Waals surface area contributed by atoms with Gasteiger partial charge in [-0.3, -0.25) is 0 Å². The predicted molar refractivity (Wildman–Crippen MR) is 45.0 cm³/mol. The van der Waals surface area contributed by atoms with Crippen molar-refractivity contribution in [2.75, 3.05) is 33.0 Å². The molecule has 0 aliphatic carbocycles. The minimum atomic E-state index is 0.448. The minimum Gasteiger partial charge on any atom is -0.512 e. The van der Waals surface area contributed by atoms with E-state index >= 15 is 0 Å². The first kappa shape index (κ1) is 11.3. The fraction of sp³-hybridized carbons (Fsp3) is 0.750. The van der Waals surface area contributed by atoms with Crippen LogP contribution in [0.5, 0.6) is 0 Å². The van der Waals surface area contributed by atoms with Crippen molar-refractivity contribution in [1.82, 2.24) is 0 Å². The molecule has 0 saturated heterocycles. The maximum Gasteiger partial charge on any atom is 0.117 e. The SMILES string of the molecule is CCOCCOCCOC=CO. The maximum absolute atomic E-state index is 8.17. The highest BCUT2D eigenvalue weighted by Gasteiger charge is 1.87. The van der Waals surface area contributed by atoms with Crippen LogP contribution in [0, 0.1) is 0 Å². The monoisotopic (exact) mass is 176 g/mol. The molecule has 0 aromatic heterocycles. The zero-order valence-corrected chi connectivity index (χ0v) is 7.36. The first-order valence-corrected chi connectivity index (χ1v) is 3.98. The molecule has 0 aromatic rings. The predicted octanol–water partition coefficient (Wildman–Crippen LogP) is 1.09. The van der Waals surface area contributed by atoms with E-state index in [9.17, 15) is 0 Å². The molecular formula is C8H16O4. The van der Waals surface area contributed by atoms with Crippen molar-refractivity contribution in [3.8, 4) is 0 Å². The first-order valence-electron chi connectivity index (χ1n) is 3.98. The molecule has 4 heteroatoms. The van der Waals surface area contributed by atoms with Crippen LogP contribution < -0.4 is 0 Å². The van der Waals surface area contributed by atoms with Gasteiger partial charge in [0, 0.05) is 6.61 Å². The molecule has 0 rings (SSSR count). The first-order chi connectivity index (χ1) is 5.91. The number of hydrogen-bond donors (Lipinski definition) is 1. The topological polar surface area (TPSA) is 47.9 Å². The van der Waals surface area contributed by atoms with Crippen LogP contribution in [0.3, 0.4) is 0 Å². The number of aliphatic hydroxyl groups excluding tert-OH is 1. The third-order valence-corrected chi connectivity index (χ3v) is 1.08. The third-order valence-electron chi connectivity index (χ3n) is 1.08. The van der Waals surface area contributed by atoms with Crippen molar-refractivity contribution in [3.63, 3.8) is 0 Å². The van der Waals surface area contributed by atoms with Gasteiger partial charge < -0.3 is 19.3 Å². The molecule has 0 radical (unpaired) electrons. The van der Waals surface area contributed by atoms with Gasteiger partial charge in [0.2, 0.25) is 0 Å². The van der Waals surface area contributed by atoms with Crippen molar-refractivity contribution in [2.24, 2.45) is 0 Å². The Morgan fingerprint density at radius 2 is 1.75 bits per heavy atom. The average Bonchev–Trinajstić information content (AvgIpc) is 2.10. The van der Waals surface area contributed by atoms with E-state index < -0.39 is 0 Å². The molecule has 0 bridgehead atoms. The zero-order valence-electron chi connectivity index (χ0n) is 7.36. The number of ether oxygens (including phenoxy) is 3. The van der Waals surface area contributed by atoms with E-state index in [1.165, 1.54) is 6.26 Å². The van der Waals surface area contributed by atoms with Crippen molar-refractivity contribution in [3.05, 3.63) is 12.5 Å². The van der Waals surface area contributed by atoms with E-state index in [0.717, 1.165) is 6.26 Å². The Bertz CT molecular complexity index is 103. The van der Waals surface area contributed by atoms with E-state index in [-0.39, 0.29) is 0 Å². The van der Waals surface area contributed by atoms with E-state index in [2.05, 4.69) is 0 Å². The Labute approximate surface area is 72.7 Å². The van der Waals surface area contributed by atoms with Crippen LogP contribution in [0.4, 0.5) is 0 Å². The van der Waals surface area contributed by atoms with Crippen LogP contribution in [0.15, 0.2) is 12.5 Å². The Morgan fingerprint density at radius 3 is 2.42 bits per heavy atom. The normalized spacial score (nSPS) is 10.8. The van der Waals surface area contributed by atoms with E-state index in [1.54, 1.807) is 0 Å². The lowest BCUT2D eigenvalue weighted by molar-refractivity contribution is 0.0337. The molecule has 0 spiro atoms. The lowest BCUT2D eigenvalue weighted by Gasteiger charge is -2.03. The van der Waals surface area contributed by atoms with Crippen LogP contribution in [-0.2, 0) is 14.2 Å². The summed E-state index contributed by atoms with van der Waals surface area (Å²) in [7, 11) is 0. The summed E-state index contributed by atoms with van der Waals surface area (Å²) in [6, 6.07) is 0. The molecule has 0 aromatic carbocycles. The summed E-state index contributed by atoms with van der Waals surface area (Å²) in [5.74, 6) is 0. The Kier molecular flexibility index (Phi) is 9.63. The van der Waals surface area contributed by atoms with Gasteiger partial charge in [-0.1, -0.05) is 0 Å². The summed E-state index contributed by atoms with van der Waals surface area (Å²) >= 11 is 0. The zero-order chi connectivity index (χ0) is 9.07. The van der Waals surface area contributed by atoms with Crippen molar-refractivity contribution in [2.45, 2.75) is 6.92 Å². The minimum absolute atomic E-state index is 0.448. The van der Waals surface area contributed by atoms with Crippen molar-refractivity contribution in [1.29, 1.82) is 0 Å². The van der Waals surface area contributed by atoms with Crippen LogP contribution in [-0.4, -0.2) is 38.1 Å². The summed E-state index contributed by atoms with van der Waals surface area (Å²) in [6.07, 6.45) is 2.06. The Balaban J connectivity index is 2.81. The van der Waals surface area contributed by atoms with Crippen LogP contribution >= 0.6 is 0 Å². The lowest BCUT2D eigenvalue weighted by Crippen LogP contribution is -2.07. The quantitative estimate of drug-likeness (QED) is 0.444. The highest BCUT2D eigenvalue weighted by atomic mass is 16.5. The third kappa shape index (κ3) is 9.26. The summed E-state index contributed by atoms with van der Waals surface area (Å²) in [6.45, 7) is 4.81. The van der Waals surface area contributed by atoms with Crippen molar-refractivity contribution >= 4 is 0 Å². The average molecular weight is 176 g/mol. The summed E-state index contributed by atoms with van der Waals surface area (Å²) in [5.41, 5.74) is 0. The standard InChI is InChI=1S/C8H16O4/c1-2-10-5-6-12-8-7-11-4-3-9/h3-4,9H,2,5-8H2,1H3. The molecule has 0 saturated carbocycles. The second kappa shape index (κ2) is 10.3. The van der Waals surface area contributed by atoms with Gasteiger partial charge in [-0.25, -0.2) is 0 Å². The highest BCUT2D eigenvalue weighted by molar-refractivity contribution is 4.56. The number of aliphatic hydroxyl groups is 1. The molecule has 12 heavy (non-hydrogen) atoms. The molecular weight excluding hydrogens is 160 g/mol. The van der Waals surface area contributed by atoms with E-state index in [1.807, 2.05) is 6.92 Å². The fourth-order valence-corrected chi connectivity index (χ4v) is 0.582. The lowest BCUT2D eigenvalue weighted by atomic mass is 10.7. The summed E-state index contributed by atoms with van der Waals surface area (Å²) in [5, 5.41) is 8.17. The summed E-state index contributed by atoms with van der Waals surface area (Å²) < 4.78 is 15.0. The molecule has 0 atom stereocenters. The van der Waals surface area contributed by atoms with Crippen LogP contribution in [0.1, 0.15) is 6.92 Å². The number of hydrogen-bond acceptors (Lipinski definition) is 4. The van der Waals surface area contributed by atoms with Gasteiger partial charge in [-0.05, 0) is 6.92 Å². The largest absolute Gasteiger partial charge is 0.512 e. The van der Waals surface area contributed by atoms with E-state index in [0.29, 0.717) is 33.0 Å². The van der Waals surface area contributed by atoms with Gasteiger partial charge in [0.25, 0.3) is 0 Å². The van der Waals surface area contributed by atoms with Gasteiger partial charge in [0.1, 0.15) is 19.1 Å². The smallest absolute Gasteiger partial charge is 0.117 e. The molecule has 0 amide bonds. The summed E-state index contributed by atoms with van der Waals surface area (Å²) in [4.78, 5) is 0. The molecule has 72 valence electrons. The molecule has 4 nitrogen and oxygen atoms in total. The maximum atomic E-state index is 8.17. The van der Waals surface area contributed by atoms with Crippen LogP contribution in [0.25, 0.3) is 0 Å². The van der Waals surface area contributed by atoms with Crippen molar-refractivity contribution < 1.29 is 19.3 Å². The van der Waals surface area contributed by atoms with Gasteiger partial charge in [-0.2, -0.15) is 0 Å². The second-order valence-corrected chi connectivity index (χ2v) is 1.97. The molecule has 0 aliphatic rings. The Hall–Kier alpha value is -0.740.